The van der Waals surface area contributed by atoms with Gasteiger partial charge in [-0.15, -0.1) is 0 Å². The highest BCUT2D eigenvalue weighted by Gasteiger charge is 2.30. The lowest BCUT2D eigenvalue weighted by Gasteiger charge is -2.29. The van der Waals surface area contributed by atoms with Crippen LogP contribution in [0.25, 0.3) is 10.9 Å². The van der Waals surface area contributed by atoms with Crippen molar-refractivity contribution in [3.8, 4) is 0 Å². The Hall–Kier alpha value is -3.23. The second-order valence-electron chi connectivity index (χ2n) is 9.46. The quantitative estimate of drug-likeness (QED) is 0.603. The van der Waals surface area contributed by atoms with Crippen molar-refractivity contribution in [2.24, 2.45) is 0 Å². The van der Waals surface area contributed by atoms with Gasteiger partial charge < -0.3 is 19.8 Å². The van der Waals surface area contributed by atoms with Crippen molar-refractivity contribution < 1.29 is 23.9 Å². The first-order chi connectivity index (χ1) is 14.8. The SMILES string of the molecule is CCN(NC(=O)OC(C)(C)C)C(=O)C(Cc1c[nH]c2ccccc12)NC(=O)OC(C)(C)C. The second kappa shape index (κ2) is 9.93. The fourth-order valence-corrected chi connectivity index (χ4v) is 3.06. The van der Waals surface area contributed by atoms with Crippen molar-refractivity contribution in [1.82, 2.24) is 20.7 Å². The van der Waals surface area contributed by atoms with Gasteiger partial charge in [-0.05, 0) is 60.1 Å². The molecule has 3 amide bonds. The van der Waals surface area contributed by atoms with Gasteiger partial charge in [0.1, 0.15) is 17.2 Å². The van der Waals surface area contributed by atoms with Crippen molar-refractivity contribution in [3.05, 3.63) is 36.0 Å². The van der Waals surface area contributed by atoms with E-state index in [9.17, 15) is 14.4 Å². The number of fused-ring (bicyclic) bond motifs is 1. The summed E-state index contributed by atoms with van der Waals surface area (Å²) in [6.45, 7) is 12.3. The summed E-state index contributed by atoms with van der Waals surface area (Å²) in [5.74, 6) is -0.491. The maximum atomic E-state index is 13.3. The number of hydrogen-bond acceptors (Lipinski definition) is 5. The number of nitrogens with zero attached hydrogens (tertiary/aromatic N) is 1. The highest BCUT2D eigenvalue weighted by molar-refractivity contribution is 5.89. The van der Waals surface area contributed by atoms with Gasteiger partial charge in [0.05, 0.1) is 0 Å². The van der Waals surface area contributed by atoms with Gasteiger partial charge in [0.25, 0.3) is 5.91 Å². The second-order valence-corrected chi connectivity index (χ2v) is 9.46. The van der Waals surface area contributed by atoms with Crippen molar-refractivity contribution in [1.29, 1.82) is 0 Å². The van der Waals surface area contributed by atoms with Crippen LogP contribution in [0.4, 0.5) is 9.59 Å². The number of aromatic amines is 1. The molecule has 1 atom stereocenters. The third kappa shape index (κ3) is 7.47. The van der Waals surface area contributed by atoms with Crippen molar-refractivity contribution in [3.63, 3.8) is 0 Å². The number of likely N-dealkylation sites (N-methyl/N-ethyl adjacent to an activating group) is 1. The lowest BCUT2D eigenvalue weighted by atomic mass is 10.0. The van der Waals surface area contributed by atoms with Crippen LogP contribution < -0.4 is 10.7 Å². The Labute approximate surface area is 188 Å². The molecule has 2 rings (SSSR count). The van der Waals surface area contributed by atoms with Gasteiger partial charge in [-0.1, -0.05) is 18.2 Å². The van der Waals surface area contributed by atoms with Gasteiger partial charge in [-0.2, -0.15) is 0 Å². The van der Waals surface area contributed by atoms with Crippen LogP contribution in [0.1, 0.15) is 54.0 Å². The minimum atomic E-state index is -0.973. The van der Waals surface area contributed by atoms with E-state index in [1.807, 2.05) is 24.3 Å². The molecule has 32 heavy (non-hydrogen) atoms. The van der Waals surface area contributed by atoms with Crippen LogP contribution in [-0.4, -0.2) is 51.9 Å². The summed E-state index contributed by atoms with van der Waals surface area (Å²) in [7, 11) is 0. The van der Waals surface area contributed by atoms with Gasteiger partial charge in [0.2, 0.25) is 0 Å². The number of carbonyl (C=O) groups is 3. The number of rotatable bonds is 5. The molecular weight excluding hydrogens is 412 g/mol. The summed E-state index contributed by atoms with van der Waals surface area (Å²) >= 11 is 0. The van der Waals surface area contributed by atoms with Crippen LogP contribution in [-0.2, 0) is 20.7 Å². The molecule has 1 aromatic heterocycles. The molecule has 1 aromatic carbocycles. The smallest absolute Gasteiger partial charge is 0.426 e. The zero-order valence-electron chi connectivity index (χ0n) is 19.9. The van der Waals surface area contributed by atoms with E-state index >= 15 is 0 Å². The lowest BCUT2D eigenvalue weighted by Crippen LogP contribution is -2.56. The summed E-state index contributed by atoms with van der Waals surface area (Å²) in [4.78, 5) is 41.2. The molecule has 9 heteroatoms. The number of aromatic nitrogens is 1. The highest BCUT2D eigenvalue weighted by atomic mass is 16.6. The van der Waals surface area contributed by atoms with Crippen LogP contribution in [0.5, 0.6) is 0 Å². The van der Waals surface area contributed by atoms with Crippen LogP contribution in [0.3, 0.4) is 0 Å². The largest absolute Gasteiger partial charge is 0.444 e. The van der Waals surface area contributed by atoms with Crippen molar-refractivity contribution in [2.45, 2.75) is 72.1 Å². The Morgan fingerprint density at radius 3 is 2.19 bits per heavy atom. The average molecular weight is 447 g/mol. The summed E-state index contributed by atoms with van der Waals surface area (Å²) in [6, 6.07) is 6.71. The fourth-order valence-electron chi connectivity index (χ4n) is 3.06. The van der Waals surface area contributed by atoms with Gasteiger partial charge in [0, 0.05) is 30.1 Å². The summed E-state index contributed by atoms with van der Waals surface area (Å²) in [6.07, 6.45) is 0.535. The molecule has 0 aliphatic heterocycles. The maximum absolute atomic E-state index is 13.3. The predicted molar refractivity (Wildman–Crippen MR) is 122 cm³/mol. The number of para-hydroxylation sites is 1. The van der Waals surface area contributed by atoms with E-state index in [0.29, 0.717) is 0 Å². The minimum absolute atomic E-state index is 0.179. The lowest BCUT2D eigenvalue weighted by molar-refractivity contribution is -0.136. The molecule has 0 spiro atoms. The minimum Gasteiger partial charge on any atom is -0.444 e. The Bertz CT molecular complexity index is 955. The van der Waals surface area contributed by atoms with E-state index in [1.165, 1.54) is 0 Å². The Balaban J connectivity index is 2.26. The number of nitrogens with one attached hydrogen (secondary N) is 3. The van der Waals surface area contributed by atoms with Gasteiger partial charge in [0.15, 0.2) is 0 Å². The topological polar surface area (TPSA) is 113 Å². The van der Waals surface area contributed by atoms with E-state index in [-0.39, 0.29) is 13.0 Å². The van der Waals surface area contributed by atoms with Gasteiger partial charge in [-0.25, -0.2) is 20.0 Å². The first-order valence-electron chi connectivity index (χ1n) is 10.6. The normalized spacial score (nSPS) is 12.7. The number of alkyl carbamates (subject to hydrolysis) is 1. The zero-order valence-corrected chi connectivity index (χ0v) is 19.9. The van der Waals surface area contributed by atoms with Crippen LogP contribution in [0, 0.1) is 0 Å². The van der Waals surface area contributed by atoms with Gasteiger partial charge in [-0.3, -0.25) is 4.79 Å². The molecule has 0 aliphatic carbocycles. The summed E-state index contributed by atoms with van der Waals surface area (Å²) < 4.78 is 10.6. The third-order valence-electron chi connectivity index (χ3n) is 4.30. The molecular formula is C23H34N4O5. The first-order valence-corrected chi connectivity index (χ1v) is 10.6. The molecule has 0 bridgehead atoms. The number of hydrazine groups is 1. The predicted octanol–water partition coefficient (Wildman–Crippen LogP) is 3.89. The molecule has 0 saturated heterocycles. The van der Waals surface area contributed by atoms with Crippen LogP contribution >= 0.6 is 0 Å². The third-order valence-corrected chi connectivity index (χ3v) is 4.30. The molecule has 2 aromatic rings. The number of hydrogen-bond donors (Lipinski definition) is 3. The number of carbonyl (C=O) groups excluding carboxylic acids is 3. The summed E-state index contributed by atoms with van der Waals surface area (Å²) in [5.41, 5.74) is 2.79. The zero-order chi connectivity index (χ0) is 24.1. The Kier molecular flexibility index (Phi) is 7.77. The molecule has 1 heterocycles. The standard InChI is InChI=1S/C23H34N4O5/c1-8-27(26-21(30)32-23(5,6)7)19(28)18(25-20(29)31-22(2,3)4)13-15-14-24-17-12-10-9-11-16(15)17/h9-12,14,18,24H,8,13H2,1-7H3,(H,25,29)(H,26,30). The first kappa shape index (κ1) is 25.0. The number of H-pyrrole nitrogens is 1. The van der Waals surface area contributed by atoms with Crippen LogP contribution in [0.15, 0.2) is 30.5 Å². The molecule has 9 nitrogen and oxygen atoms in total. The van der Waals surface area contributed by atoms with Gasteiger partial charge >= 0.3 is 12.2 Å². The molecule has 3 N–H and O–H groups in total. The van der Waals surface area contributed by atoms with E-state index in [2.05, 4.69) is 15.7 Å². The van der Waals surface area contributed by atoms with E-state index in [0.717, 1.165) is 21.5 Å². The number of amides is 3. The van der Waals surface area contributed by atoms with E-state index in [1.54, 1.807) is 54.7 Å². The van der Waals surface area contributed by atoms with Crippen molar-refractivity contribution >= 4 is 29.0 Å². The number of benzene rings is 1. The molecule has 0 saturated carbocycles. The fraction of sp³-hybridized carbons (Fsp3) is 0.522. The monoisotopic (exact) mass is 446 g/mol. The maximum Gasteiger partial charge on any atom is 0.426 e. The Morgan fingerprint density at radius 2 is 1.59 bits per heavy atom. The molecule has 0 radical (unpaired) electrons. The molecule has 1 unspecified atom stereocenters. The average Bonchev–Trinajstić information content (AvgIpc) is 3.05. The summed E-state index contributed by atoms with van der Waals surface area (Å²) in [5, 5.41) is 4.73. The molecule has 176 valence electrons. The highest BCUT2D eigenvalue weighted by Crippen LogP contribution is 2.20. The van der Waals surface area contributed by atoms with E-state index in [4.69, 9.17) is 9.47 Å². The van der Waals surface area contributed by atoms with Crippen LogP contribution in [0.2, 0.25) is 0 Å². The molecule has 0 fully saturated rings. The number of ether oxygens (including phenoxy) is 2. The van der Waals surface area contributed by atoms with E-state index < -0.39 is 35.3 Å². The Morgan fingerprint density at radius 1 is 1.00 bits per heavy atom. The van der Waals surface area contributed by atoms with Crippen molar-refractivity contribution in [2.75, 3.05) is 6.54 Å². The molecule has 0 aliphatic rings.